The molecule has 0 radical (unpaired) electrons. The van der Waals surface area contributed by atoms with E-state index in [-0.39, 0.29) is 5.91 Å². The lowest BCUT2D eigenvalue weighted by Crippen LogP contribution is -2.39. The van der Waals surface area contributed by atoms with E-state index in [1.54, 1.807) is 7.11 Å². The van der Waals surface area contributed by atoms with E-state index in [1.807, 2.05) is 24.3 Å². The lowest BCUT2D eigenvalue weighted by atomic mass is 9.89. The highest BCUT2D eigenvalue weighted by atomic mass is 16.5. The SMILES string of the molecule is COCCOc1ccc(NC(=O)CC2CC3CCC(C2)N3)cc1. The van der Waals surface area contributed by atoms with Crippen molar-refractivity contribution in [1.82, 2.24) is 5.32 Å². The molecule has 3 rings (SSSR count). The van der Waals surface area contributed by atoms with Gasteiger partial charge in [0.15, 0.2) is 0 Å². The molecule has 1 aromatic carbocycles. The first kappa shape index (κ1) is 16.3. The van der Waals surface area contributed by atoms with Crippen molar-refractivity contribution in [2.24, 2.45) is 5.92 Å². The van der Waals surface area contributed by atoms with Gasteiger partial charge in [0.25, 0.3) is 0 Å². The van der Waals surface area contributed by atoms with E-state index < -0.39 is 0 Å². The van der Waals surface area contributed by atoms with E-state index in [0.717, 1.165) is 24.3 Å². The van der Waals surface area contributed by atoms with Crippen molar-refractivity contribution in [2.75, 3.05) is 25.6 Å². The molecule has 0 aliphatic carbocycles. The number of benzene rings is 1. The van der Waals surface area contributed by atoms with Crippen LogP contribution in [0, 0.1) is 5.92 Å². The van der Waals surface area contributed by atoms with Crippen LogP contribution in [0.2, 0.25) is 0 Å². The third kappa shape index (κ3) is 4.69. The summed E-state index contributed by atoms with van der Waals surface area (Å²) in [7, 11) is 1.65. The average molecular weight is 318 g/mol. The quantitative estimate of drug-likeness (QED) is 0.759. The van der Waals surface area contributed by atoms with Gasteiger partial charge >= 0.3 is 0 Å². The highest BCUT2D eigenvalue weighted by Gasteiger charge is 2.34. The van der Waals surface area contributed by atoms with Gasteiger partial charge < -0.3 is 20.1 Å². The number of methoxy groups -OCH3 is 1. The van der Waals surface area contributed by atoms with Gasteiger partial charge in [-0.05, 0) is 55.9 Å². The Hall–Kier alpha value is -1.59. The van der Waals surface area contributed by atoms with Crippen molar-refractivity contribution in [3.05, 3.63) is 24.3 Å². The molecule has 0 saturated carbocycles. The number of carbonyl (C=O) groups is 1. The van der Waals surface area contributed by atoms with Crippen LogP contribution >= 0.6 is 0 Å². The van der Waals surface area contributed by atoms with Gasteiger partial charge in [0.05, 0.1) is 6.61 Å². The second-order valence-corrected chi connectivity index (χ2v) is 6.59. The third-order valence-corrected chi connectivity index (χ3v) is 4.74. The van der Waals surface area contributed by atoms with Crippen LogP contribution in [-0.2, 0) is 9.53 Å². The summed E-state index contributed by atoms with van der Waals surface area (Å²) in [6.07, 6.45) is 5.44. The van der Waals surface area contributed by atoms with Gasteiger partial charge in [-0.15, -0.1) is 0 Å². The predicted molar refractivity (Wildman–Crippen MR) is 89.7 cm³/mol. The maximum atomic E-state index is 12.2. The van der Waals surface area contributed by atoms with Gasteiger partial charge in [-0.1, -0.05) is 0 Å². The van der Waals surface area contributed by atoms with Crippen molar-refractivity contribution in [2.45, 2.75) is 44.2 Å². The molecule has 0 aromatic heterocycles. The van der Waals surface area contributed by atoms with Crippen LogP contribution in [0.4, 0.5) is 5.69 Å². The van der Waals surface area contributed by atoms with Crippen LogP contribution in [0.5, 0.6) is 5.75 Å². The summed E-state index contributed by atoms with van der Waals surface area (Å²) in [6.45, 7) is 1.09. The Labute approximate surface area is 137 Å². The molecule has 2 unspecified atom stereocenters. The van der Waals surface area contributed by atoms with E-state index in [9.17, 15) is 4.79 Å². The molecule has 5 heteroatoms. The summed E-state index contributed by atoms with van der Waals surface area (Å²) >= 11 is 0. The van der Waals surface area contributed by atoms with Crippen molar-refractivity contribution in [3.63, 3.8) is 0 Å². The number of piperidine rings is 1. The number of nitrogens with one attached hydrogen (secondary N) is 2. The summed E-state index contributed by atoms with van der Waals surface area (Å²) in [5, 5.41) is 6.61. The largest absolute Gasteiger partial charge is 0.491 e. The Balaban J connectivity index is 1.44. The monoisotopic (exact) mass is 318 g/mol. The Morgan fingerprint density at radius 1 is 1.17 bits per heavy atom. The molecule has 126 valence electrons. The molecule has 1 aromatic rings. The fourth-order valence-electron chi connectivity index (χ4n) is 3.69. The molecule has 1 amide bonds. The number of hydrogen-bond acceptors (Lipinski definition) is 4. The average Bonchev–Trinajstić information content (AvgIpc) is 2.88. The van der Waals surface area contributed by atoms with E-state index in [2.05, 4.69) is 10.6 Å². The molecule has 2 fully saturated rings. The minimum Gasteiger partial charge on any atom is -0.491 e. The van der Waals surface area contributed by atoms with Gasteiger partial charge in [0, 0.05) is 31.3 Å². The molecule has 2 aliphatic rings. The second kappa shape index (κ2) is 7.79. The first-order chi connectivity index (χ1) is 11.2. The fourth-order valence-corrected chi connectivity index (χ4v) is 3.69. The number of amides is 1. The lowest BCUT2D eigenvalue weighted by molar-refractivity contribution is -0.117. The second-order valence-electron chi connectivity index (χ2n) is 6.59. The number of fused-ring (bicyclic) bond motifs is 2. The molecule has 2 bridgehead atoms. The van der Waals surface area contributed by atoms with E-state index >= 15 is 0 Å². The van der Waals surface area contributed by atoms with Crippen molar-refractivity contribution < 1.29 is 14.3 Å². The van der Waals surface area contributed by atoms with Crippen LogP contribution in [0.25, 0.3) is 0 Å². The van der Waals surface area contributed by atoms with Crippen molar-refractivity contribution in [1.29, 1.82) is 0 Å². The molecular weight excluding hydrogens is 292 g/mol. The minimum atomic E-state index is 0.115. The summed E-state index contributed by atoms with van der Waals surface area (Å²) in [5.41, 5.74) is 0.825. The summed E-state index contributed by atoms with van der Waals surface area (Å²) in [4.78, 5) is 12.2. The van der Waals surface area contributed by atoms with Crippen LogP contribution in [0.1, 0.15) is 32.1 Å². The Morgan fingerprint density at radius 2 is 1.87 bits per heavy atom. The molecule has 2 heterocycles. The molecule has 5 nitrogen and oxygen atoms in total. The van der Waals surface area contributed by atoms with Crippen LogP contribution < -0.4 is 15.4 Å². The summed E-state index contributed by atoms with van der Waals surface area (Å²) in [6, 6.07) is 8.77. The zero-order valence-electron chi connectivity index (χ0n) is 13.7. The number of carbonyl (C=O) groups excluding carboxylic acids is 1. The third-order valence-electron chi connectivity index (χ3n) is 4.74. The van der Waals surface area contributed by atoms with Gasteiger partial charge in [0.1, 0.15) is 12.4 Å². The van der Waals surface area contributed by atoms with Gasteiger partial charge in [-0.25, -0.2) is 0 Å². The molecule has 0 spiro atoms. The van der Waals surface area contributed by atoms with E-state index in [1.165, 1.54) is 12.8 Å². The number of hydrogen-bond donors (Lipinski definition) is 2. The summed E-state index contributed by atoms with van der Waals surface area (Å²) in [5.74, 6) is 1.42. The lowest BCUT2D eigenvalue weighted by Gasteiger charge is -2.28. The topological polar surface area (TPSA) is 59.6 Å². The first-order valence-corrected chi connectivity index (χ1v) is 8.50. The van der Waals surface area contributed by atoms with Gasteiger partial charge in [0.2, 0.25) is 5.91 Å². The molecule has 23 heavy (non-hydrogen) atoms. The first-order valence-electron chi connectivity index (χ1n) is 8.50. The standard InChI is InChI=1S/C18H26N2O3/c1-22-8-9-23-17-6-4-14(5-7-17)20-18(21)12-13-10-15-2-3-16(11-13)19-15/h4-7,13,15-16,19H,2-3,8-12H2,1H3,(H,20,21). The fraction of sp³-hybridized carbons (Fsp3) is 0.611. The predicted octanol–water partition coefficient (Wildman–Crippen LogP) is 2.57. The van der Waals surface area contributed by atoms with Crippen molar-refractivity contribution in [3.8, 4) is 5.75 Å². The minimum absolute atomic E-state index is 0.115. The number of ether oxygens (including phenoxy) is 2. The zero-order valence-corrected chi connectivity index (χ0v) is 13.7. The normalized spacial score (nSPS) is 26.0. The Kier molecular flexibility index (Phi) is 5.51. The molecule has 2 atom stereocenters. The highest BCUT2D eigenvalue weighted by molar-refractivity contribution is 5.90. The van der Waals surface area contributed by atoms with Crippen molar-refractivity contribution >= 4 is 11.6 Å². The number of rotatable bonds is 7. The zero-order chi connectivity index (χ0) is 16.1. The molecule has 2 N–H and O–H groups in total. The Morgan fingerprint density at radius 3 is 2.52 bits per heavy atom. The maximum absolute atomic E-state index is 12.2. The van der Waals surface area contributed by atoms with Crippen LogP contribution in [0.3, 0.4) is 0 Å². The van der Waals surface area contributed by atoms with Gasteiger partial charge in [-0.2, -0.15) is 0 Å². The summed E-state index contributed by atoms with van der Waals surface area (Å²) < 4.78 is 10.5. The van der Waals surface area contributed by atoms with E-state index in [4.69, 9.17) is 9.47 Å². The highest BCUT2D eigenvalue weighted by Crippen LogP contribution is 2.32. The smallest absolute Gasteiger partial charge is 0.224 e. The number of anilines is 1. The van der Waals surface area contributed by atoms with Gasteiger partial charge in [-0.3, -0.25) is 4.79 Å². The van der Waals surface area contributed by atoms with Crippen LogP contribution in [0.15, 0.2) is 24.3 Å². The molecule has 2 saturated heterocycles. The maximum Gasteiger partial charge on any atom is 0.224 e. The molecular formula is C18H26N2O3. The molecule has 2 aliphatic heterocycles. The van der Waals surface area contributed by atoms with E-state index in [0.29, 0.717) is 37.6 Å². The van der Waals surface area contributed by atoms with Crippen LogP contribution in [-0.4, -0.2) is 38.3 Å². The Bertz CT molecular complexity index is 506.